The first-order valence-electron chi connectivity index (χ1n) is 8.02. The normalized spacial score (nSPS) is 12.3. The molecule has 0 aliphatic rings. The highest BCUT2D eigenvalue weighted by Gasteiger charge is 2.25. The van der Waals surface area contributed by atoms with Crippen LogP contribution in [0.25, 0.3) is 0 Å². The highest BCUT2D eigenvalue weighted by atomic mass is 16.6. The number of hydrogen-bond donors (Lipinski definition) is 1. The van der Waals surface area contributed by atoms with Gasteiger partial charge in [-0.3, -0.25) is 0 Å². The molecule has 5 nitrogen and oxygen atoms in total. The van der Waals surface area contributed by atoms with Crippen LogP contribution in [0.2, 0.25) is 0 Å². The Bertz CT molecular complexity index is 493. The van der Waals surface area contributed by atoms with E-state index in [4.69, 9.17) is 9.47 Å². The minimum Gasteiger partial charge on any atom is -0.459 e. The Morgan fingerprint density at radius 3 is 2.39 bits per heavy atom. The number of esters is 1. The van der Waals surface area contributed by atoms with E-state index in [-0.39, 0.29) is 6.61 Å². The molecular weight excluding hydrogens is 294 g/mol. The van der Waals surface area contributed by atoms with Crippen molar-refractivity contribution in [1.82, 2.24) is 5.32 Å². The first kappa shape index (κ1) is 19.0. The lowest BCUT2D eigenvalue weighted by atomic mass is 10.1. The number of benzene rings is 1. The Morgan fingerprint density at radius 1 is 1.17 bits per heavy atom. The maximum atomic E-state index is 12.2. The fourth-order valence-corrected chi connectivity index (χ4v) is 1.94. The van der Waals surface area contributed by atoms with Crippen molar-refractivity contribution in [3.05, 3.63) is 35.9 Å². The monoisotopic (exact) mass is 321 g/mol. The molecule has 128 valence electrons. The van der Waals surface area contributed by atoms with Crippen molar-refractivity contribution in [1.29, 1.82) is 0 Å². The molecule has 1 N–H and O–H groups in total. The van der Waals surface area contributed by atoms with Crippen molar-refractivity contribution in [3.63, 3.8) is 0 Å². The van der Waals surface area contributed by atoms with Crippen LogP contribution in [0.1, 0.15) is 52.5 Å². The Hall–Kier alpha value is -2.04. The van der Waals surface area contributed by atoms with Gasteiger partial charge in [0.2, 0.25) is 0 Å². The number of unbranched alkanes of at least 4 members (excludes halogenated alkanes) is 1. The van der Waals surface area contributed by atoms with E-state index in [9.17, 15) is 9.59 Å². The van der Waals surface area contributed by atoms with E-state index in [0.29, 0.717) is 6.42 Å². The lowest BCUT2D eigenvalue weighted by Crippen LogP contribution is -2.44. The molecule has 0 fully saturated rings. The Morgan fingerprint density at radius 2 is 1.83 bits per heavy atom. The van der Waals surface area contributed by atoms with Crippen molar-refractivity contribution < 1.29 is 19.1 Å². The molecule has 1 unspecified atom stereocenters. The minimum absolute atomic E-state index is 0.193. The molecule has 1 aromatic rings. The predicted octanol–water partition coefficient (Wildman–Crippen LogP) is 3.81. The largest absolute Gasteiger partial charge is 0.459 e. The molecule has 1 atom stereocenters. The quantitative estimate of drug-likeness (QED) is 0.776. The fraction of sp³-hybridized carbons (Fsp3) is 0.556. The van der Waals surface area contributed by atoms with Crippen LogP contribution in [0.5, 0.6) is 0 Å². The average Bonchev–Trinajstić information content (AvgIpc) is 2.48. The summed E-state index contributed by atoms with van der Waals surface area (Å²) in [6.45, 7) is 7.56. The third kappa shape index (κ3) is 8.24. The zero-order valence-corrected chi connectivity index (χ0v) is 14.4. The Kier molecular flexibility index (Phi) is 7.59. The molecule has 1 amide bonds. The van der Waals surface area contributed by atoms with Crippen LogP contribution >= 0.6 is 0 Å². The number of hydrogen-bond acceptors (Lipinski definition) is 4. The van der Waals surface area contributed by atoms with Crippen molar-refractivity contribution >= 4 is 12.1 Å². The molecule has 0 heterocycles. The minimum atomic E-state index is -0.687. The molecule has 0 aliphatic carbocycles. The van der Waals surface area contributed by atoms with Gasteiger partial charge in [0.05, 0.1) is 0 Å². The summed E-state index contributed by atoms with van der Waals surface area (Å²) in [5.74, 6) is -0.437. The summed E-state index contributed by atoms with van der Waals surface area (Å²) in [5.41, 5.74) is 0.306. The SMILES string of the molecule is CCCCC(NC(=O)OC(C)(C)C)C(=O)OCc1ccccc1. The van der Waals surface area contributed by atoms with Crippen molar-refractivity contribution in [2.75, 3.05) is 0 Å². The smallest absolute Gasteiger partial charge is 0.408 e. The van der Waals surface area contributed by atoms with Crippen LogP contribution in [0, 0.1) is 0 Å². The van der Waals surface area contributed by atoms with E-state index < -0.39 is 23.7 Å². The molecule has 0 aromatic heterocycles. The number of nitrogens with one attached hydrogen (secondary N) is 1. The van der Waals surface area contributed by atoms with Gasteiger partial charge < -0.3 is 14.8 Å². The second-order valence-corrected chi connectivity index (χ2v) is 6.43. The van der Waals surface area contributed by atoms with Crippen LogP contribution in [0.4, 0.5) is 4.79 Å². The summed E-state index contributed by atoms with van der Waals surface area (Å²) in [6.07, 6.45) is 1.68. The lowest BCUT2D eigenvalue weighted by molar-refractivity contribution is -0.147. The number of carbonyl (C=O) groups is 2. The molecule has 0 spiro atoms. The average molecular weight is 321 g/mol. The topological polar surface area (TPSA) is 64.6 Å². The standard InChI is InChI=1S/C18H27NO4/c1-5-6-12-15(19-17(21)23-18(2,3)4)16(20)22-13-14-10-8-7-9-11-14/h7-11,15H,5-6,12-13H2,1-4H3,(H,19,21). The van der Waals surface area contributed by atoms with Gasteiger partial charge in [-0.05, 0) is 32.8 Å². The van der Waals surface area contributed by atoms with Gasteiger partial charge in [0.15, 0.2) is 0 Å². The van der Waals surface area contributed by atoms with Crippen molar-refractivity contribution in [2.24, 2.45) is 0 Å². The predicted molar refractivity (Wildman–Crippen MR) is 88.9 cm³/mol. The van der Waals surface area contributed by atoms with Crippen LogP contribution in [0.3, 0.4) is 0 Å². The number of amides is 1. The maximum absolute atomic E-state index is 12.2. The Labute approximate surface area is 138 Å². The first-order chi connectivity index (χ1) is 10.8. The van der Waals surface area contributed by atoms with Gasteiger partial charge in [0.1, 0.15) is 18.2 Å². The molecule has 1 rings (SSSR count). The van der Waals surface area contributed by atoms with E-state index in [1.54, 1.807) is 20.8 Å². The molecular formula is C18H27NO4. The summed E-state index contributed by atoms with van der Waals surface area (Å²) in [6, 6.07) is 8.76. The summed E-state index contributed by atoms with van der Waals surface area (Å²) in [7, 11) is 0. The van der Waals surface area contributed by atoms with Gasteiger partial charge in [-0.15, -0.1) is 0 Å². The molecule has 0 radical (unpaired) electrons. The number of rotatable bonds is 7. The molecule has 0 saturated heterocycles. The molecule has 0 saturated carbocycles. The van der Waals surface area contributed by atoms with Crippen LogP contribution < -0.4 is 5.32 Å². The summed E-state index contributed by atoms with van der Waals surface area (Å²) < 4.78 is 10.5. The highest BCUT2D eigenvalue weighted by molar-refractivity contribution is 5.81. The van der Waals surface area contributed by atoms with Gasteiger partial charge in [0.25, 0.3) is 0 Å². The molecule has 0 bridgehead atoms. The Balaban J connectivity index is 2.57. The second kappa shape index (κ2) is 9.18. The maximum Gasteiger partial charge on any atom is 0.408 e. The summed E-state index contributed by atoms with van der Waals surface area (Å²) >= 11 is 0. The van der Waals surface area contributed by atoms with E-state index in [1.807, 2.05) is 37.3 Å². The number of ether oxygens (including phenoxy) is 2. The van der Waals surface area contributed by atoms with Gasteiger partial charge in [-0.25, -0.2) is 9.59 Å². The van der Waals surface area contributed by atoms with E-state index in [1.165, 1.54) is 0 Å². The van der Waals surface area contributed by atoms with E-state index in [2.05, 4.69) is 5.32 Å². The van der Waals surface area contributed by atoms with Gasteiger partial charge >= 0.3 is 12.1 Å². The fourth-order valence-electron chi connectivity index (χ4n) is 1.94. The molecule has 23 heavy (non-hydrogen) atoms. The van der Waals surface area contributed by atoms with Crippen molar-refractivity contribution in [3.8, 4) is 0 Å². The van der Waals surface area contributed by atoms with Crippen LogP contribution in [-0.2, 0) is 20.9 Å². The van der Waals surface area contributed by atoms with Gasteiger partial charge in [-0.2, -0.15) is 0 Å². The van der Waals surface area contributed by atoms with Crippen molar-refractivity contribution in [2.45, 2.75) is 65.2 Å². The zero-order valence-electron chi connectivity index (χ0n) is 14.4. The van der Waals surface area contributed by atoms with E-state index in [0.717, 1.165) is 18.4 Å². The summed E-state index contributed by atoms with van der Waals surface area (Å²) in [4.78, 5) is 24.1. The van der Waals surface area contributed by atoms with Gasteiger partial charge in [-0.1, -0.05) is 50.1 Å². The third-order valence-corrected chi connectivity index (χ3v) is 3.05. The number of carbonyl (C=O) groups excluding carboxylic acids is 2. The molecule has 5 heteroatoms. The van der Waals surface area contributed by atoms with Gasteiger partial charge in [0, 0.05) is 0 Å². The zero-order chi connectivity index (χ0) is 17.3. The lowest BCUT2D eigenvalue weighted by Gasteiger charge is -2.23. The third-order valence-electron chi connectivity index (χ3n) is 3.05. The molecule has 0 aliphatic heterocycles. The first-order valence-corrected chi connectivity index (χ1v) is 8.02. The number of alkyl carbamates (subject to hydrolysis) is 1. The highest BCUT2D eigenvalue weighted by Crippen LogP contribution is 2.10. The van der Waals surface area contributed by atoms with Crippen LogP contribution in [0.15, 0.2) is 30.3 Å². The van der Waals surface area contributed by atoms with Crippen LogP contribution in [-0.4, -0.2) is 23.7 Å². The summed E-state index contributed by atoms with van der Waals surface area (Å²) in [5, 5.41) is 2.61. The molecule has 1 aromatic carbocycles. The second-order valence-electron chi connectivity index (χ2n) is 6.43. The van der Waals surface area contributed by atoms with E-state index >= 15 is 0 Å².